The maximum Gasteiger partial charge on any atom is 0.0522 e. The molecule has 3 aromatic rings. The molecule has 0 saturated heterocycles. The highest BCUT2D eigenvalue weighted by molar-refractivity contribution is 6.52. The monoisotopic (exact) mass is 332 g/mol. The lowest BCUT2D eigenvalue weighted by Gasteiger charge is -2.22. The molecule has 0 bridgehead atoms. The minimum absolute atomic E-state index is 0.265. The van der Waals surface area contributed by atoms with E-state index in [9.17, 15) is 0 Å². The van der Waals surface area contributed by atoms with Crippen molar-refractivity contribution in [2.24, 2.45) is 0 Å². The van der Waals surface area contributed by atoms with Gasteiger partial charge in [-0.1, -0.05) is 110 Å². The summed E-state index contributed by atoms with van der Waals surface area (Å²) in [5.74, 6) is 0.265. The molecular weight excluding hydrogens is 312 g/mol. The van der Waals surface area contributed by atoms with Gasteiger partial charge in [0.05, 0.1) is 5.03 Å². The van der Waals surface area contributed by atoms with E-state index in [4.69, 9.17) is 11.6 Å². The molecule has 0 fully saturated rings. The second kappa shape index (κ2) is 7.99. The Kier molecular flexibility index (Phi) is 5.51. The van der Waals surface area contributed by atoms with Crippen LogP contribution in [0.4, 0.5) is 0 Å². The van der Waals surface area contributed by atoms with Crippen molar-refractivity contribution in [3.63, 3.8) is 0 Å². The first-order valence-corrected chi connectivity index (χ1v) is 8.74. The summed E-state index contributed by atoms with van der Waals surface area (Å²) >= 11 is 6.91. The molecule has 0 aliphatic carbocycles. The average molecular weight is 333 g/mol. The predicted molar refractivity (Wildman–Crippen MR) is 105 cm³/mol. The Balaban J connectivity index is 2.19. The van der Waals surface area contributed by atoms with Gasteiger partial charge < -0.3 is 0 Å². The molecule has 120 valence electrons. The van der Waals surface area contributed by atoms with Crippen molar-refractivity contribution in [1.29, 1.82) is 0 Å². The SMILES string of the molecule is CCC(/C(=C(/Cl)c1ccccc1)c1ccccc1)c1ccccc1. The molecule has 0 aromatic heterocycles. The van der Waals surface area contributed by atoms with Gasteiger partial charge in [0.1, 0.15) is 0 Å². The van der Waals surface area contributed by atoms with Crippen LogP contribution >= 0.6 is 11.6 Å². The number of hydrogen-bond acceptors (Lipinski definition) is 0. The molecule has 24 heavy (non-hydrogen) atoms. The maximum atomic E-state index is 6.91. The minimum atomic E-state index is 0.265. The van der Waals surface area contributed by atoms with Gasteiger partial charge in [-0.3, -0.25) is 0 Å². The highest BCUT2D eigenvalue weighted by Gasteiger charge is 2.20. The topological polar surface area (TPSA) is 0 Å². The number of halogens is 1. The van der Waals surface area contributed by atoms with E-state index in [0.29, 0.717) is 0 Å². The van der Waals surface area contributed by atoms with Crippen molar-refractivity contribution < 1.29 is 0 Å². The second-order valence-corrected chi connectivity index (χ2v) is 6.21. The first kappa shape index (κ1) is 16.5. The standard InChI is InChI=1S/C23H21Cl/c1-2-21(18-12-6-3-7-13-18)22(19-14-8-4-9-15-19)23(24)20-16-10-5-11-17-20/h3-17,21H,2H2,1H3/b23-22+. The average Bonchev–Trinajstić information content (AvgIpc) is 2.67. The third kappa shape index (κ3) is 3.60. The van der Waals surface area contributed by atoms with Crippen molar-refractivity contribution >= 4 is 22.2 Å². The zero-order chi connectivity index (χ0) is 16.8. The van der Waals surface area contributed by atoms with Gasteiger partial charge in [-0.2, -0.15) is 0 Å². The van der Waals surface area contributed by atoms with Gasteiger partial charge in [0.15, 0.2) is 0 Å². The van der Waals surface area contributed by atoms with Gasteiger partial charge in [0.25, 0.3) is 0 Å². The molecule has 0 nitrogen and oxygen atoms in total. The number of hydrogen-bond donors (Lipinski definition) is 0. The first-order valence-electron chi connectivity index (χ1n) is 8.36. The summed E-state index contributed by atoms with van der Waals surface area (Å²) < 4.78 is 0. The van der Waals surface area contributed by atoms with Crippen molar-refractivity contribution in [3.05, 3.63) is 108 Å². The second-order valence-electron chi connectivity index (χ2n) is 5.83. The molecular formula is C23H21Cl. The fraction of sp³-hybridized carbons (Fsp3) is 0.130. The van der Waals surface area contributed by atoms with Crippen LogP contribution in [0, 0.1) is 0 Å². The van der Waals surface area contributed by atoms with Crippen molar-refractivity contribution in [2.75, 3.05) is 0 Å². The molecule has 0 radical (unpaired) electrons. The summed E-state index contributed by atoms with van der Waals surface area (Å²) in [5, 5.41) is 0.831. The van der Waals surface area contributed by atoms with E-state index in [1.54, 1.807) is 0 Å². The summed E-state index contributed by atoms with van der Waals surface area (Å²) in [7, 11) is 0. The van der Waals surface area contributed by atoms with Gasteiger partial charge >= 0.3 is 0 Å². The Morgan fingerprint density at radius 1 is 0.708 bits per heavy atom. The van der Waals surface area contributed by atoms with Gasteiger partial charge in [0.2, 0.25) is 0 Å². The van der Waals surface area contributed by atoms with E-state index in [2.05, 4.69) is 73.7 Å². The van der Waals surface area contributed by atoms with Crippen LogP contribution in [-0.2, 0) is 0 Å². The third-order valence-corrected chi connectivity index (χ3v) is 4.73. The van der Waals surface area contributed by atoms with E-state index >= 15 is 0 Å². The number of allylic oxidation sites excluding steroid dienone is 1. The van der Waals surface area contributed by atoms with Gasteiger partial charge in [-0.15, -0.1) is 0 Å². The Morgan fingerprint density at radius 3 is 1.67 bits per heavy atom. The van der Waals surface area contributed by atoms with Crippen LogP contribution in [0.2, 0.25) is 0 Å². The third-order valence-electron chi connectivity index (χ3n) is 4.31. The van der Waals surface area contributed by atoms with Crippen LogP contribution in [0.1, 0.15) is 36.0 Å². The molecule has 0 saturated carbocycles. The first-order chi connectivity index (χ1) is 11.8. The molecule has 0 amide bonds. The fourth-order valence-corrected chi connectivity index (χ4v) is 3.50. The minimum Gasteiger partial charge on any atom is -0.0833 e. The molecule has 0 heterocycles. The van der Waals surface area contributed by atoms with Crippen LogP contribution < -0.4 is 0 Å². The van der Waals surface area contributed by atoms with Crippen LogP contribution in [-0.4, -0.2) is 0 Å². The molecule has 1 atom stereocenters. The van der Waals surface area contributed by atoms with Crippen molar-refractivity contribution in [2.45, 2.75) is 19.3 Å². The normalized spacial score (nSPS) is 13.2. The Hall–Kier alpha value is -2.31. The largest absolute Gasteiger partial charge is 0.0833 e. The molecule has 3 aromatic carbocycles. The van der Waals surface area contributed by atoms with E-state index in [-0.39, 0.29) is 5.92 Å². The molecule has 0 spiro atoms. The Bertz CT molecular complexity index is 789. The predicted octanol–water partition coefficient (Wildman–Crippen LogP) is 6.99. The molecule has 1 heteroatoms. The Morgan fingerprint density at radius 2 is 1.17 bits per heavy atom. The molecule has 0 N–H and O–H groups in total. The molecule has 1 unspecified atom stereocenters. The molecule has 0 aliphatic heterocycles. The quantitative estimate of drug-likeness (QED) is 0.442. The zero-order valence-electron chi connectivity index (χ0n) is 13.8. The van der Waals surface area contributed by atoms with Crippen molar-refractivity contribution in [1.82, 2.24) is 0 Å². The van der Waals surface area contributed by atoms with E-state index in [0.717, 1.165) is 17.0 Å². The van der Waals surface area contributed by atoms with Crippen molar-refractivity contribution in [3.8, 4) is 0 Å². The van der Waals surface area contributed by atoms with Gasteiger partial charge in [0, 0.05) is 5.92 Å². The lowest BCUT2D eigenvalue weighted by molar-refractivity contribution is 0.825. The summed E-state index contributed by atoms with van der Waals surface area (Å²) in [6.07, 6.45) is 0.997. The lowest BCUT2D eigenvalue weighted by atomic mass is 9.83. The molecule has 3 rings (SSSR count). The highest BCUT2D eigenvalue weighted by Crippen LogP contribution is 2.41. The van der Waals surface area contributed by atoms with Crippen LogP contribution in [0.3, 0.4) is 0 Å². The summed E-state index contributed by atoms with van der Waals surface area (Å²) in [4.78, 5) is 0. The summed E-state index contributed by atoms with van der Waals surface area (Å²) in [6.45, 7) is 2.22. The fourth-order valence-electron chi connectivity index (χ4n) is 3.13. The van der Waals surface area contributed by atoms with E-state index < -0.39 is 0 Å². The maximum absolute atomic E-state index is 6.91. The van der Waals surface area contributed by atoms with E-state index in [1.807, 2.05) is 24.3 Å². The smallest absolute Gasteiger partial charge is 0.0522 e. The number of benzene rings is 3. The van der Waals surface area contributed by atoms with Gasteiger partial charge in [-0.05, 0) is 28.7 Å². The summed E-state index contributed by atoms with van der Waals surface area (Å²) in [6, 6.07) is 31.3. The van der Waals surface area contributed by atoms with E-state index in [1.165, 1.54) is 16.7 Å². The van der Waals surface area contributed by atoms with Crippen LogP contribution in [0.15, 0.2) is 91.0 Å². The van der Waals surface area contributed by atoms with Gasteiger partial charge in [-0.25, -0.2) is 0 Å². The number of rotatable bonds is 5. The zero-order valence-corrected chi connectivity index (χ0v) is 14.6. The Labute approximate surface area is 149 Å². The molecule has 0 aliphatic rings. The highest BCUT2D eigenvalue weighted by atomic mass is 35.5. The summed E-state index contributed by atoms with van der Waals surface area (Å²) in [5.41, 5.74) is 4.74. The lowest BCUT2D eigenvalue weighted by Crippen LogP contribution is -2.03. The van der Waals surface area contributed by atoms with Crippen LogP contribution in [0.5, 0.6) is 0 Å². The van der Waals surface area contributed by atoms with Crippen LogP contribution in [0.25, 0.3) is 10.6 Å².